The lowest BCUT2D eigenvalue weighted by atomic mass is 10.1. The molecule has 0 bridgehead atoms. The number of ether oxygens (including phenoxy) is 1. The Kier molecular flexibility index (Phi) is 3.69. The van der Waals surface area contributed by atoms with Crippen LogP contribution in [0, 0.1) is 0 Å². The third-order valence-corrected chi connectivity index (χ3v) is 2.93. The summed E-state index contributed by atoms with van der Waals surface area (Å²) < 4.78 is 6.78. The van der Waals surface area contributed by atoms with Crippen molar-refractivity contribution in [1.29, 1.82) is 0 Å². The zero-order valence-electron chi connectivity index (χ0n) is 9.56. The molecule has 0 aliphatic carbocycles. The maximum Gasteiger partial charge on any atom is 0.123 e. The molecule has 0 amide bonds. The van der Waals surface area contributed by atoms with Crippen molar-refractivity contribution in [3.05, 3.63) is 58.6 Å². The predicted octanol–water partition coefficient (Wildman–Crippen LogP) is 4.17. The van der Waals surface area contributed by atoms with Gasteiger partial charge in [-0.2, -0.15) is 0 Å². The molecule has 2 nitrogen and oxygen atoms in total. The fourth-order valence-electron chi connectivity index (χ4n) is 1.65. The molecule has 2 aromatic rings. The molecule has 17 heavy (non-hydrogen) atoms. The highest BCUT2D eigenvalue weighted by atomic mass is 79.9. The molecule has 0 saturated heterocycles. The monoisotopic (exact) mass is 291 g/mol. The van der Waals surface area contributed by atoms with Crippen molar-refractivity contribution in [3.8, 4) is 5.75 Å². The minimum atomic E-state index is 0.00454. The van der Waals surface area contributed by atoms with Crippen molar-refractivity contribution < 1.29 is 4.74 Å². The fraction of sp³-hybridized carbons (Fsp3) is 0.143. The van der Waals surface area contributed by atoms with Gasteiger partial charge in [-0.25, -0.2) is 0 Å². The first kappa shape index (κ1) is 12.0. The summed E-state index contributed by atoms with van der Waals surface area (Å²) in [6.45, 7) is 2.02. The topological polar surface area (TPSA) is 35.2 Å². The van der Waals surface area contributed by atoms with Crippen molar-refractivity contribution in [1.82, 2.24) is 0 Å². The second-order valence-electron chi connectivity index (χ2n) is 3.89. The first-order valence-corrected chi connectivity index (χ1v) is 6.22. The van der Waals surface area contributed by atoms with Gasteiger partial charge < -0.3 is 10.5 Å². The standard InChI is InChI=1S/C14H14BrNO/c1-10(11-5-3-2-4-6-11)17-14-8-12(15)7-13(16)9-14/h2-10H,16H2,1H3. The van der Waals surface area contributed by atoms with Gasteiger partial charge in [-0.15, -0.1) is 0 Å². The molecule has 2 N–H and O–H groups in total. The highest BCUT2D eigenvalue weighted by molar-refractivity contribution is 9.10. The van der Waals surface area contributed by atoms with Crippen molar-refractivity contribution in [2.45, 2.75) is 13.0 Å². The Morgan fingerprint density at radius 1 is 1.12 bits per heavy atom. The zero-order chi connectivity index (χ0) is 12.3. The van der Waals surface area contributed by atoms with Crippen LogP contribution in [0.15, 0.2) is 53.0 Å². The van der Waals surface area contributed by atoms with E-state index >= 15 is 0 Å². The van der Waals surface area contributed by atoms with Gasteiger partial charge in [0.15, 0.2) is 0 Å². The smallest absolute Gasteiger partial charge is 0.123 e. The second kappa shape index (κ2) is 5.23. The zero-order valence-corrected chi connectivity index (χ0v) is 11.1. The number of rotatable bonds is 3. The summed E-state index contributed by atoms with van der Waals surface area (Å²) in [6.07, 6.45) is 0.00454. The average Bonchev–Trinajstić information content (AvgIpc) is 2.28. The van der Waals surface area contributed by atoms with Gasteiger partial charge in [0.2, 0.25) is 0 Å². The molecule has 0 spiro atoms. The van der Waals surface area contributed by atoms with Crippen LogP contribution in [0.4, 0.5) is 5.69 Å². The summed E-state index contributed by atoms with van der Waals surface area (Å²) >= 11 is 3.40. The molecule has 2 rings (SSSR count). The molecule has 1 atom stereocenters. The molecule has 0 aliphatic rings. The van der Waals surface area contributed by atoms with E-state index in [1.807, 2.05) is 55.5 Å². The number of anilines is 1. The first-order valence-electron chi connectivity index (χ1n) is 5.43. The third-order valence-electron chi connectivity index (χ3n) is 2.48. The maximum absolute atomic E-state index is 5.85. The lowest BCUT2D eigenvalue weighted by Crippen LogP contribution is -2.03. The van der Waals surface area contributed by atoms with Crippen LogP contribution in [0.25, 0.3) is 0 Å². The third kappa shape index (κ3) is 3.24. The van der Waals surface area contributed by atoms with Crippen molar-refractivity contribution in [3.63, 3.8) is 0 Å². The van der Waals surface area contributed by atoms with Gasteiger partial charge in [-0.1, -0.05) is 46.3 Å². The Morgan fingerprint density at radius 3 is 2.47 bits per heavy atom. The van der Waals surface area contributed by atoms with Gasteiger partial charge >= 0.3 is 0 Å². The van der Waals surface area contributed by atoms with Crippen molar-refractivity contribution >= 4 is 21.6 Å². The van der Waals surface area contributed by atoms with Crippen LogP contribution in [0.3, 0.4) is 0 Å². The second-order valence-corrected chi connectivity index (χ2v) is 4.81. The average molecular weight is 292 g/mol. The molecule has 1 unspecified atom stereocenters. The molecule has 0 aliphatic heterocycles. The Hall–Kier alpha value is -1.48. The number of nitrogens with two attached hydrogens (primary N) is 1. The predicted molar refractivity (Wildman–Crippen MR) is 74.0 cm³/mol. The summed E-state index contributed by atoms with van der Waals surface area (Å²) in [6, 6.07) is 15.7. The van der Waals surface area contributed by atoms with Crippen LogP contribution in [-0.4, -0.2) is 0 Å². The summed E-state index contributed by atoms with van der Waals surface area (Å²) in [5.74, 6) is 0.772. The summed E-state index contributed by atoms with van der Waals surface area (Å²) in [4.78, 5) is 0. The number of nitrogen functional groups attached to an aromatic ring is 1. The molecule has 0 fully saturated rings. The Morgan fingerprint density at radius 2 is 1.82 bits per heavy atom. The van der Waals surface area contributed by atoms with E-state index in [1.165, 1.54) is 0 Å². The Balaban J connectivity index is 2.16. The summed E-state index contributed by atoms with van der Waals surface area (Å²) in [7, 11) is 0. The van der Waals surface area contributed by atoms with Crippen LogP contribution in [0.5, 0.6) is 5.75 Å². The van der Waals surface area contributed by atoms with E-state index in [2.05, 4.69) is 15.9 Å². The van der Waals surface area contributed by atoms with Crippen LogP contribution in [-0.2, 0) is 0 Å². The molecular formula is C14H14BrNO. The summed E-state index contributed by atoms with van der Waals surface area (Å²) in [5, 5.41) is 0. The number of hydrogen-bond donors (Lipinski definition) is 1. The van der Waals surface area contributed by atoms with Gasteiger partial charge in [0.25, 0.3) is 0 Å². The van der Waals surface area contributed by atoms with Crippen LogP contribution in [0.1, 0.15) is 18.6 Å². The molecule has 88 valence electrons. The molecule has 0 saturated carbocycles. The molecule has 0 aromatic heterocycles. The lowest BCUT2D eigenvalue weighted by Gasteiger charge is -2.15. The van der Waals surface area contributed by atoms with E-state index in [-0.39, 0.29) is 6.10 Å². The maximum atomic E-state index is 5.85. The molecule has 0 radical (unpaired) electrons. The highest BCUT2D eigenvalue weighted by Gasteiger charge is 2.07. The van der Waals surface area contributed by atoms with Gasteiger partial charge in [0.05, 0.1) is 0 Å². The Labute approximate surface area is 110 Å². The SMILES string of the molecule is CC(Oc1cc(N)cc(Br)c1)c1ccccc1. The minimum absolute atomic E-state index is 0.00454. The van der Waals surface area contributed by atoms with Crippen molar-refractivity contribution in [2.24, 2.45) is 0 Å². The van der Waals surface area contributed by atoms with E-state index in [9.17, 15) is 0 Å². The van der Waals surface area contributed by atoms with Gasteiger partial charge in [0, 0.05) is 16.2 Å². The van der Waals surface area contributed by atoms with Crippen molar-refractivity contribution in [2.75, 3.05) is 5.73 Å². The van der Waals surface area contributed by atoms with Crippen LogP contribution < -0.4 is 10.5 Å². The number of hydrogen-bond acceptors (Lipinski definition) is 2. The Bertz CT molecular complexity index is 479. The van der Waals surface area contributed by atoms with Gasteiger partial charge in [-0.05, 0) is 24.6 Å². The molecule has 2 aromatic carbocycles. The summed E-state index contributed by atoms with van der Waals surface area (Å²) in [5.41, 5.74) is 7.60. The number of halogens is 1. The molecular weight excluding hydrogens is 278 g/mol. The van der Waals surface area contributed by atoms with E-state index in [4.69, 9.17) is 10.5 Å². The quantitative estimate of drug-likeness (QED) is 0.862. The largest absolute Gasteiger partial charge is 0.486 e. The highest BCUT2D eigenvalue weighted by Crippen LogP contribution is 2.27. The van der Waals surface area contributed by atoms with E-state index in [0.29, 0.717) is 5.69 Å². The van der Waals surface area contributed by atoms with E-state index in [0.717, 1.165) is 15.8 Å². The molecule has 3 heteroatoms. The van der Waals surface area contributed by atoms with Crippen LogP contribution in [0.2, 0.25) is 0 Å². The minimum Gasteiger partial charge on any atom is -0.486 e. The van der Waals surface area contributed by atoms with E-state index in [1.54, 1.807) is 0 Å². The number of benzene rings is 2. The normalized spacial score (nSPS) is 12.1. The fourth-order valence-corrected chi connectivity index (χ4v) is 2.14. The van der Waals surface area contributed by atoms with E-state index < -0.39 is 0 Å². The first-order chi connectivity index (χ1) is 8.15. The van der Waals surface area contributed by atoms with Gasteiger partial charge in [0.1, 0.15) is 11.9 Å². The van der Waals surface area contributed by atoms with Gasteiger partial charge in [-0.3, -0.25) is 0 Å². The lowest BCUT2D eigenvalue weighted by molar-refractivity contribution is 0.227. The molecule has 0 heterocycles. The van der Waals surface area contributed by atoms with Crippen LogP contribution >= 0.6 is 15.9 Å².